The second kappa shape index (κ2) is 5.03. The van der Waals surface area contributed by atoms with Crippen molar-refractivity contribution in [1.82, 2.24) is 4.98 Å². The van der Waals surface area contributed by atoms with Gasteiger partial charge in [-0.1, -0.05) is 12.1 Å². The van der Waals surface area contributed by atoms with E-state index in [0.717, 1.165) is 6.29 Å². The molecule has 1 N–H and O–H groups in total. The number of hydrogen-bond acceptors (Lipinski definition) is 3. The molecular weight excluding hydrogens is 216 g/mol. The van der Waals surface area contributed by atoms with Crippen molar-refractivity contribution in [3.8, 4) is 0 Å². The summed E-state index contributed by atoms with van der Waals surface area (Å²) in [6, 6.07) is 9.91. The largest absolute Gasteiger partial charge is 0.321 e. The van der Waals surface area contributed by atoms with Crippen LogP contribution in [-0.2, 0) is 0 Å². The number of aromatic nitrogens is 1. The summed E-state index contributed by atoms with van der Waals surface area (Å²) in [5.74, 6) is -0.226. The minimum absolute atomic E-state index is 0.226. The SMILES string of the molecule is O=Cc1ccc(C(=O)Nc2cccnc2)cc1. The first-order valence-electron chi connectivity index (χ1n) is 5.06. The smallest absolute Gasteiger partial charge is 0.255 e. The third kappa shape index (κ3) is 2.75. The zero-order valence-corrected chi connectivity index (χ0v) is 8.96. The van der Waals surface area contributed by atoms with Crippen LogP contribution in [0.25, 0.3) is 0 Å². The Balaban J connectivity index is 2.12. The number of hydrogen-bond donors (Lipinski definition) is 1. The number of aldehydes is 1. The first-order valence-corrected chi connectivity index (χ1v) is 5.06. The number of carbonyl (C=O) groups excluding carboxylic acids is 2. The lowest BCUT2D eigenvalue weighted by Gasteiger charge is -2.04. The molecule has 0 spiro atoms. The van der Waals surface area contributed by atoms with Gasteiger partial charge in [0.05, 0.1) is 11.9 Å². The Bertz CT molecular complexity index is 521. The molecule has 0 aliphatic rings. The summed E-state index contributed by atoms with van der Waals surface area (Å²) >= 11 is 0. The first kappa shape index (κ1) is 11.0. The summed E-state index contributed by atoms with van der Waals surface area (Å²) in [6.07, 6.45) is 3.94. The Hall–Kier alpha value is -2.49. The van der Waals surface area contributed by atoms with Crippen LogP contribution in [0.2, 0.25) is 0 Å². The van der Waals surface area contributed by atoms with Crippen LogP contribution in [0.5, 0.6) is 0 Å². The molecule has 0 radical (unpaired) electrons. The first-order chi connectivity index (χ1) is 8.29. The predicted molar refractivity (Wildman–Crippen MR) is 64.0 cm³/mol. The Kier molecular flexibility index (Phi) is 3.25. The Labute approximate surface area is 98.3 Å². The van der Waals surface area contributed by atoms with Crippen molar-refractivity contribution < 1.29 is 9.59 Å². The van der Waals surface area contributed by atoms with Crippen molar-refractivity contribution in [2.75, 3.05) is 5.32 Å². The molecule has 2 rings (SSSR count). The van der Waals surface area contributed by atoms with Crippen molar-refractivity contribution in [3.05, 3.63) is 59.9 Å². The third-order valence-electron chi connectivity index (χ3n) is 2.23. The van der Waals surface area contributed by atoms with Crippen molar-refractivity contribution in [1.29, 1.82) is 0 Å². The Morgan fingerprint density at radius 3 is 2.53 bits per heavy atom. The molecule has 84 valence electrons. The van der Waals surface area contributed by atoms with E-state index < -0.39 is 0 Å². The third-order valence-corrected chi connectivity index (χ3v) is 2.23. The maximum atomic E-state index is 11.8. The molecule has 2 aromatic rings. The van der Waals surface area contributed by atoms with E-state index in [9.17, 15) is 9.59 Å². The monoisotopic (exact) mass is 226 g/mol. The highest BCUT2D eigenvalue weighted by molar-refractivity contribution is 6.04. The molecule has 0 unspecified atom stereocenters. The number of anilines is 1. The van der Waals surface area contributed by atoms with E-state index in [4.69, 9.17) is 0 Å². The van der Waals surface area contributed by atoms with E-state index in [-0.39, 0.29) is 5.91 Å². The summed E-state index contributed by atoms with van der Waals surface area (Å²) in [5.41, 5.74) is 1.68. The molecule has 0 saturated carbocycles. The van der Waals surface area contributed by atoms with E-state index >= 15 is 0 Å². The van der Waals surface area contributed by atoms with Gasteiger partial charge in [0.2, 0.25) is 0 Å². The summed E-state index contributed by atoms with van der Waals surface area (Å²) in [7, 11) is 0. The number of carbonyl (C=O) groups is 2. The fourth-order valence-corrected chi connectivity index (χ4v) is 1.35. The molecule has 0 aliphatic carbocycles. The number of pyridine rings is 1. The fourth-order valence-electron chi connectivity index (χ4n) is 1.35. The summed E-state index contributed by atoms with van der Waals surface area (Å²) < 4.78 is 0. The highest BCUT2D eigenvalue weighted by Crippen LogP contribution is 2.08. The summed E-state index contributed by atoms with van der Waals surface area (Å²) in [5, 5.41) is 2.71. The van der Waals surface area contributed by atoms with Crippen molar-refractivity contribution in [3.63, 3.8) is 0 Å². The van der Waals surface area contributed by atoms with Crippen LogP contribution >= 0.6 is 0 Å². The van der Waals surface area contributed by atoms with Crippen LogP contribution in [0.4, 0.5) is 5.69 Å². The van der Waals surface area contributed by atoms with Gasteiger partial charge < -0.3 is 5.32 Å². The van der Waals surface area contributed by atoms with Gasteiger partial charge in [-0.25, -0.2) is 0 Å². The molecule has 0 aliphatic heterocycles. The fraction of sp³-hybridized carbons (Fsp3) is 0. The Morgan fingerprint density at radius 1 is 1.18 bits per heavy atom. The number of nitrogens with zero attached hydrogens (tertiary/aromatic N) is 1. The van der Waals surface area contributed by atoms with E-state index in [1.54, 1.807) is 48.8 Å². The van der Waals surface area contributed by atoms with Gasteiger partial charge in [-0.2, -0.15) is 0 Å². The van der Waals surface area contributed by atoms with Gasteiger partial charge in [-0.3, -0.25) is 14.6 Å². The maximum Gasteiger partial charge on any atom is 0.255 e. The van der Waals surface area contributed by atoms with Gasteiger partial charge in [0.1, 0.15) is 6.29 Å². The van der Waals surface area contributed by atoms with E-state index in [2.05, 4.69) is 10.3 Å². The zero-order valence-electron chi connectivity index (χ0n) is 8.96. The summed E-state index contributed by atoms with van der Waals surface area (Å²) in [4.78, 5) is 26.2. The van der Waals surface area contributed by atoms with Gasteiger partial charge in [0.25, 0.3) is 5.91 Å². The van der Waals surface area contributed by atoms with Gasteiger partial charge in [-0.15, -0.1) is 0 Å². The van der Waals surface area contributed by atoms with Crippen LogP contribution in [0.15, 0.2) is 48.8 Å². The molecule has 1 aromatic heterocycles. The lowest BCUT2D eigenvalue weighted by atomic mass is 10.1. The standard InChI is InChI=1S/C13H10N2O2/c16-9-10-3-5-11(6-4-10)13(17)15-12-2-1-7-14-8-12/h1-9H,(H,15,17). The molecule has 1 aromatic carbocycles. The molecule has 0 bridgehead atoms. The van der Waals surface area contributed by atoms with Crippen LogP contribution in [0.1, 0.15) is 20.7 Å². The average Bonchev–Trinajstić information content (AvgIpc) is 2.40. The number of rotatable bonds is 3. The number of nitrogens with one attached hydrogen (secondary N) is 1. The van der Waals surface area contributed by atoms with Gasteiger partial charge in [0.15, 0.2) is 0 Å². The van der Waals surface area contributed by atoms with Crippen molar-refractivity contribution >= 4 is 17.9 Å². The summed E-state index contributed by atoms with van der Waals surface area (Å²) in [6.45, 7) is 0. The molecule has 17 heavy (non-hydrogen) atoms. The minimum atomic E-state index is -0.226. The predicted octanol–water partition coefficient (Wildman–Crippen LogP) is 2.15. The van der Waals surface area contributed by atoms with Crippen LogP contribution in [-0.4, -0.2) is 17.2 Å². The molecule has 4 heteroatoms. The molecule has 1 amide bonds. The number of benzene rings is 1. The quantitative estimate of drug-likeness (QED) is 0.816. The van der Waals surface area contributed by atoms with Gasteiger partial charge in [-0.05, 0) is 24.3 Å². The second-order valence-electron chi connectivity index (χ2n) is 3.44. The van der Waals surface area contributed by atoms with Crippen molar-refractivity contribution in [2.45, 2.75) is 0 Å². The lowest BCUT2D eigenvalue weighted by Crippen LogP contribution is -2.11. The van der Waals surface area contributed by atoms with Crippen LogP contribution in [0, 0.1) is 0 Å². The van der Waals surface area contributed by atoms with Crippen LogP contribution in [0.3, 0.4) is 0 Å². The number of amides is 1. The van der Waals surface area contributed by atoms with Crippen molar-refractivity contribution in [2.24, 2.45) is 0 Å². The van der Waals surface area contributed by atoms with Gasteiger partial charge in [0, 0.05) is 17.3 Å². The molecule has 4 nitrogen and oxygen atoms in total. The maximum absolute atomic E-state index is 11.8. The van der Waals surface area contributed by atoms with E-state index in [0.29, 0.717) is 16.8 Å². The Morgan fingerprint density at radius 2 is 1.94 bits per heavy atom. The average molecular weight is 226 g/mol. The van der Waals surface area contributed by atoms with Gasteiger partial charge >= 0.3 is 0 Å². The second-order valence-corrected chi connectivity index (χ2v) is 3.44. The topological polar surface area (TPSA) is 59.1 Å². The lowest BCUT2D eigenvalue weighted by molar-refractivity contribution is 0.102. The zero-order chi connectivity index (χ0) is 12.1. The molecule has 0 fully saturated rings. The molecular formula is C13H10N2O2. The van der Waals surface area contributed by atoms with E-state index in [1.165, 1.54) is 0 Å². The minimum Gasteiger partial charge on any atom is -0.321 e. The van der Waals surface area contributed by atoms with E-state index in [1.807, 2.05) is 0 Å². The van der Waals surface area contributed by atoms with Crippen LogP contribution < -0.4 is 5.32 Å². The molecule has 0 atom stereocenters. The highest BCUT2D eigenvalue weighted by atomic mass is 16.1. The highest BCUT2D eigenvalue weighted by Gasteiger charge is 2.05. The normalized spacial score (nSPS) is 9.65. The molecule has 0 saturated heterocycles. The molecule has 1 heterocycles.